The molecule has 0 saturated carbocycles. The summed E-state index contributed by atoms with van der Waals surface area (Å²) in [5.74, 6) is 0.985. The quantitative estimate of drug-likeness (QED) is 0.543. The third-order valence-electron chi connectivity index (χ3n) is 6.05. The molecular formula is C25H27N5O. The lowest BCUT2D eigenvalue weighted by atomic mass is 10.1. The van der Waals surface area contributed by atoms with E-state index in [1.54, 1.807) is 6.33 Å². The van der Waals surface area contributed by atoms with Crippen molar-refractivity contribution < 1.29 is 5.11 Å². The van der Waals surface area contributed by atoms with Crippen LogP contribution in [-0.4, -0.2) is 63.9 Å². The maximum absolute atomic E-state index is 9.25. The molecule has 0 aliphatic carbocycles. The zero-order chi connectivity index (χ0) is 21.2. The predicted molar refractivity (Wildman–Crippen MR) is 125 cm³/mol. The van der Waals surface area contributed by atoms with Gasteiger partial charge in [0, 0.05) is 50.2 Å². The molecule has 0 bridgehead atoms. The van der Waals surface area contributed by atoms with E-state index in [2.05, 4.69) is 76.0 Å². The molecule has 0 spiro atoms. The van der Waals surface area contributed by atoms with Crippen LogP contribution in [0.15, 0.2) is 67.1 Å². The summed E-state index contributed by atoms with van der Waals surface area (Å²) in [4.78, 5) is 14.1. The molecule has 3 heterocycles. The summed E-state index contributed by atoms with van der Waals surface area (Å²) < 4.78 is 2.17. The summed E-state index contributed by atoms with van der Waals surface area (Å²) in [6, 6.07) is 19.0. The second-order valence-electron chi connectivity index (χ2n) is 8.06. The Bertz CT molecular complexity index is 1160. The molecule has 0 amide bonds. The minimum Gasteiger partial charge on any atom is -0.395 e. The fraction of sp³-hybridized carbons (Fsp3) is 0.280. The molecule has 6 heteroatoms. The van der Waals surface area contributed by atoms with Gasteiger partial charge in [0.15, 0.2) is 5.65 Å². The summed E-state index contributed by atoms with van der Waals surface area (Å²) in [7, 11) is 0. The second-order valence-corrected chi connectivity index (χ2v) is 8.06. The number of nitrogens with zero attached hydrogens (tertiary/aromatic N) is 5. The van der Waals surface area contributed by atoms with Gasteiger partial charge in [0.05, 0.1) is 12.0 Å². The van der Waals surface area contributed by atoms with Gasteiger partial charge in [-0.05, 0) is 24.6 Å². The fourth-order valence-corrected chi connectivity index (χ4v) is 4.35. The van der Waals surface area contributed by atoms with Crippen molar-refractivity contribution in [3.05, 3.63) is 72.7 Å². The number of hydrogen-bond acceptors (Lipinski definition) is 5. The Morgan fingerprint density at radius 1 is 0.903 bits per heavy atom. The highest BCUT2D eigenvalue weighted by atomic mass is 16.3. The molecule has 2 aromatic heterocycles. The minimum atomic E-state index is 0.204. The first kappa shape index (κ1) is 19.7. The monoisotopic (exact) mass is 413 g/mol. The molecule has 158 valence electrons. The van der Waals surface area contributed by atoms with E-state index in [1.807, 2.05) is 6.07 Å². The molecule has 1 aliphatic rings. The van der Waals surface area contributed by atoms with E-state index >= 15 is 0 Å². The molecule has 5 rings (SSSR count). The van der Waals surface area contributed by atoms with Gasteiger partial charge in [0.25, 0.3) is 0 Å². The molecule has 0 unspecified atom stereocenters. The molecule has 1 saturated heterocycles. The van der Waals surface area contributed by atoms with E-state index in [-0.39, 0.29) is 6.61 Å². The van der Waals surface area contributed by atoms with Crippen molar-refractivity contribution in [3.63, 3.8) is 0 Å². The number of piperazine rings is 1. The summed E-state index contributed by atoms with van der Waals surface area (Å²) >= 11 is 0. The number of aromatic nitrogens is 3. The van der Waals surface area contributed by atoms with Crippen LogP contribution in [0.4, 0.5) is 5.82 Å². The largest absolute Gasteiger partial charge is 0.395 e. The molecule has 0 atom stereocenters. The van der Waals surface area contributed by atoms with Gasteiger partial charge in [0.2, 0.25) is 0 Å². The van der Waals surface area contributed by atoms with Crippen LogP contribution in [0.5, 0.6) is 0 Å². The zero-order valence-corrected chi connectivity index (χ0v) is 17.8. The maximum atomic E-state index is 9.25. The summed E-state index contributed by atoms with van der Waals surface area (Å²) in [6.07, 6.45) is 3.86. The summed E-state index contributed by atoms with van der Waals surface area (Å²) in [6.45, 7) is 6.65. The molecule has 6 nitrogen and oxygen atoms in total. The number of benzene rings is 2. The van der Waals surface area contributed by atoms with Gasteiger partial charge in [-0.1, -0.05) is 48.0 Å². The van der Waals surface area contributed by atoms with Crippen LogP contribution < -0.4 is 4.90 Å². The Morgan fingerprint density at radius 3 is 2.35 bits per heavy atom. The highest BCUT2D eigenvalue weighted by Crippen LogP contribution is 2.37. The Balaban J connectivity index is 1.65. The number of aryl methyl sites for hydroxylation is 1. The van der Waals surface area contributed by atoms with Crippen LogP contribution >= 0.6 is 0 Å². The molecule has 1 aliphatic heterocycles. The van der Waals surface area contributed by atoms with Crippen molar-refractivity contribution in [2.75, 3.05) is 44.2 Å². The number of β-amino-alcohol motifs (C(OH)–C–C–N with tert-alkyl or cyclic N) is 1. The van der Waals surface area contributed by atoms with E-state index in [0.29, 0.717) is 0 Å². The average Bonchev–Trinajstić information content (AvgIpc) is 3.21. The Labute approximate surface area is 182 Å². The van der Waals surface area contributed by atoms with Crippen LogP contribution in [0.1, 0.15) is 5.56 Å². The van der Waals surface area contributed by atoms with E-state index in [1.165, 1.54) is 5.56 Å². The van der Waals surface area contributed by atoms with Crippen LogP contribution in [0.2, 0.25) is 0 Å². The third-order valence-corrected chi connectivity index (χ3v) is 6.05. The lowest BCUT2D eigenvalue weighted by Crippen LogP contribution is -2.47. The zero-order valence-electron chi connectivity index (χ0n) is 17.8. The van der Waals surface area contributed by atoms with Gasteiger partial charge in [-0.2, -0.15) is 0 Å². The van der Waals surface area contributed by atoms with Crippen molar-refractivity contribution in [1.29, 1.82) is 0 Å². The van der Waals surface area contributed by atoms with Gasteiger partial charge in [-0.3, -0.25) is 4.90 Å². The topological polar surface area (TPSA) is 57.4 Å². The van der Waals surface area contributed by atoms with E-state index < -0.39 is 0 Å². The lowest BCUT2D eigenvalue weighted by molar-refractivity contribution is 0.188. The number of anilines is 1. The summed E-state index contributed by atoms with van der Waals surface area (Å²) in [5.41, 5.74) is 5.55. The SMILES string of the molecule is Cc1ccc(-n2cc(-c3ccccc3)c3c(N4CCN(CCO)CC4)ncnc32)cc1. The lowest BCUT2D eigenvalue weighted by Gasteiger charge is -2.35. The fourth-order valence-electron chi connectivity index (χ4n) is 4.35. The molecule has 1 N–H and O–H groups in total. The van der Waals surface area contributed by atoms with Crippen molar-refractivity contribution in [1.82, 2.24) is 19.4 Å². The van der Waals surface area contributed by atoms with Gasteiger partial charge >= 0.3 is 0 Å². The van der Waals surface area contributed by atoms with Gasteiger partial charge in [-0.25, -0.2) is 9.97 Å². The standard InChI is InChI=1S/C25H27N5O/c1-19-7-9-21(10-8-19)30-17-22(20-5-3-2-4-6-20)23-24(26-18-27-25(23)30)29-13-11-28(12-14-29)15-16-31/h2-10,17-18,31H,11-16H2,1H3. The number of fused-ring (bicyclic) bond motifs is 1. The Morgan fingerprint density at radius 2 is 1.65 bits per heavy atom. The van der Waals surface area contributed by atoms with Crippen molar-refractivity contribution in [3.8, 4) is 16.8 Å². The number of hydrogen-bond donors (Lipinski definition) is 1. The van der Waals surface area contributed by atoms with E-state index in [9.17, 15) is 5.11 Å². The predicted octanol–water partition coefficient (Wildman–Crippen LogP) is 3.51. The van der Waals surface area contributed by atoms with Crippen molar-refractivity contribution >= 4 is 16.9 Å². The molecule has 4 aromatic rings. The van der Waals surface area contributed by atoms with Crippen LogP contribution in [-0.2, 0) is 0 Å². The van der Waals surface area contributed by atoms with E-state index in [4.69, 9.17) is 9.97 Å². The average molecular weight is 414 g/mol. The highest BCUT2D eigenvalue weighted by Gasteiger charge is 2.23. The first-order valence-corrected chi connectivity index (χ1v) is 10.8. The summed E-state index contributed by atoms with van der Waals surface area (Å²) in [5, 5.41) is 10.3. The minimum absolute atomic E-state index is 0.204. The first-order valence-electron chi connectivity index (χ1n) is 10.8. The van der Waals surface area contributed by atoms with Crippen LogP contribution in [0.3, 0.4) is 0 Å². The van der Waals surface area contributed by atoms with Gasteiger partial charge < -0.3 is 14.6 Å². The van der Waals surface area contributed by atoms with E-state index in [0.717, 1.165) is 66.4 Å². The number of aliphatic hydroxyl groups is 1. The van der Waals surface area contributed by atoms with Crippen LogP contribution in [0, 0.1) is 6.92 Å². The molecule has 0 radical (unpaired) electrons. The molecule has 1 fully saturated rings. The van der Waals surface area contributed by atoms with Gasteiger partial charge in [0.1, 0.15) is 12.1 Å². The normalized spacial score (nSPS) is 15.0. The van der Waals surface area contributed by atoms with Gasteiger partial charge in [-0.15, -0.1) is 0 Å². The molecule has 2 aromatic carbocycles. The van der Waals surface area contributed by atoms with Crippen LogP contribution in [0.25, 0.3) is 27.8 Å². The Hall–Kier alpha value is -3.22. The number of rotatable bonds is 5. The highest BCUT2D eigenvalue weighted by molar-refractivity contribution is 6.02. The number of aliphatic hydroxyl groups excluding tert-OH is 1. The molecular weight excluding hydrogens is 386 g/mol. The molecule has 31 heavy (non-hydrogen) atoms. The second kappa shape index (κ2) is 8.49. The smallest absolute Gasteiger partial charge is 0.150 e. The maximum Gasteiger partial charge on any atom is 0.150 e. The van der Waals surface area contributed by atoms with Crippen molar-refractivity contribution in [2.24, 2.45) is 0 Å². The van der Waals surface area contributed by atoms with Crippen molar-refractivity contribution in [2.45, 2.75) is 6.92 Å². The first-order chi connectivity index (χ1) is 15.2. The Kier molecular flexibility index (Phi) is 5.40. The third kappa shape index (κ3) is 3.80.